The minimum Gasteiger partial charge on any atom is -0.479 e. The summed E-state index contributed by atoms with van der Waals surface area (Å²) in [6.07, 6.45) is -84.3. The van der Waals surface area contributed by atoms with Crippen molar-refractivity contribution in [2.45, 2.75) is 271 Å². The number of rotatable bonds is 22. The monoisotopic (exact) mass is 1480 g/mol. The first-order chi connectivity index (χ1) is 47.5. The molecule has 0 aromatic carbocycles. The molecule has 47 heteroatoms. The zero-order valence-electron chi connectivity index (χ0n) is 52.5. The molecule has 10 heterocycles. The Hall–Kier alpha value is -3.68. The maximum atomic E-state index is 12.5. The molecule has 580 valence electrons. The summed E-state index contributed by atoms with van der Waals surface area (Å²) >= 11 is 0. The van der Waals surface area contributed by atoms with Crippen LogP contribution in [0.3, 0.4) is 0 Å². The van der Waals surface area contributed by atoms with Crippen LogP contribution in [-0.2, 0) is 109 Å². The van der Waals surface area contributed by atoms with Gasteiger partial charge in [0.25, 0.3) is 11.6 Å². The van der Waals surface area contributed by atoms with Gasteiger partial charge in [-0.1, -0.05) is 0 Å². The molecule has 0 aromatic heterocycles. The second-order valence-corrected chi connectivity index (χ2v) is 25.4. The second-order valence-electron chi connectivity index (χ2n) is 25.4. The first-order valence-electron chi connectivity index (χ1n) is 31.2. The van der Waals surface area contributed by atoms with Crippen LogP contribution >= 0.6 is 0 Å². The van der Waals surface area contributed by atoms with Crippen LogP contribution in [0.1, 0.15) is 13.8 Å². The van der Waals surface area contributed by atoms with Crippen molar-refractivity contribution < 1.29 is 232 Å². The van der Waals surface area contributed by atoms with Crippen LogP contribution in [-0.4, -0.2) is 443 Å². The predicted molar refractivity (Wildman–Crippen MR) is 293 cm³/mol. The van der Waals surface area contributed by atoms with E-state index >= 15 is 0 Å². The number of carboxylic acids is 4. The molecule has 10 rings (SSSR count). The van der Waals surface area contributed by atoms with E-state index in [1.807, 2.05) is 0 Å². The number of aliphatic carboxylic acids is 4. The molecule has 2 unspecified atom stereocenters. The zero-order chi connectivity index (χ0) is 74.1. The minimum atomic E-state index is -2.45. The van der Waals surface area contributed by atoms with Crippen molar-refractivity contribution in [1.29, 1.82) is 0 Å². The van der Waals surface area contributed by atoms with E-state index in [9.17, 15) is 142 Å². The fraction of sp³-hybridized carbons (Fsp3) is 0.926. The quantitative estimate of drug-likeness (QED) is 0.0479. The SMILES string of the molecule is CC1(C(=O)O)OC[C@H]2O[C@@H](O[C@@H]3[C@@H](O)[C@H](O[C@H]4[C@H](O)[C@@H](O)[C@H](O[C@@H]5[C@@H](O)[C@H](OC[C@H]6O[C@H](O)[C@H](O)[C@@H](O)[C@@H]6O[C@@H]6O[C@H](CO)[C@@H](O[C@@H]7O[C@H](C(=O)O)[C@@H](O[C@@H]8O[C@H](C(=O)O)[C@@H](O)[C@H](O)[C@H]8O)[C@H](O)[C@H]7O)[C@H](O)[C@H]6O)O[C@H](CO)[C@H]5O)O[C@@H]4CO)O[C@@H]4COC(C)(C(=O)O)O[C@@H]34)[C@H](O)[C@@H](O)[C@H]2O1. The Labute approximate surface area is 565 Å². The molecule has 42 atom stereocenters. The molecule has 0 radical (unpaired) electrons. The molecule has 101 heavy (non-hydrogen) atoms. The van der Waals surface area contributed by atoms with E-state index in [0.717, 1.165) is 13.8 Å². The van der Waals surface area contributed by atoms with Gasteiger partial charge in [-0.05, 0) is 0 Å². The van der Waals surface area contributed by atoms with Crippen LogP contribution in [0, 0.1) is 0 Å². The molecule has 0 aromatic rings. The van der Waals surface area contributed by atoms with Gasteiger partial charge in [0, 0.05) is 13.8 Å². The molecule has 0 amide bonds. The summed E-state index contributed by atoms with van der Waals surface area (Å²) in [7, 11) is 0. The fourth-order valence-corrected chi connectivity index (χ4v) is 12.9. The summed E-state index contributed by atoms with van der Waals surface area (Å²) in [6.45, 7) is -3.66. The van der Waals surface area contributed by atoms with Crippen molar-refractivity contribution in [3.8, 4) is 0 Å². The molecule has 10 aliphatic heterocycles. The van der Waals surface area contributed by atoms with Crippen LogP contribution in [0.25, 0.3) is 0 Å². The Morgan fingerprint density at radius 2 is 0.703 bits per heavy atom. The smallest absolute Gasteiger partial charge is 0.364 e. The number of carbonyl (C=O) groups is 4. The van der Waals surface area contributed by atoms with Gasteiger partial charge in [0.1, 0.15) is 183 Å². The van der Waals surface area contributed by atoms with Crippen molar-refractivity contribution >= 4 is 23.9 Å². The topological polar surface area (TPSA) is 729 Å². The van der Waals surface area contributed by atoms with Crippen LogP contribution < -0.4 is 0 Å². The number of hydrogen-bond donors (Lipinski definition) is 24. The summed E-state index contributed by atoms with van der Waals surface area (Å²) in [5.41, 5.74) is 0. The van der Waals surface area contributed by atoms with Crippen LogP contribution in [0.15, 0.2) is 0 Å². The fourth-order valence-electron chi connectivity index (χ4n) is 12.9. The summed E-state index contributed by atoms with van der Waals surface area (Å²) < 4.78 is 106. The highest BCUT2D eigenvalue weighted by molar-refractivity contribution is 5.76. The highest BCUT2D eigenvalue weighted by Crippen LogP contribution is 2.42. The lowest BCUT2D eigenvalue weighted by molar-refractivity contribution is -0.424. The zero-order valence-corrected chi connectivity index (χ0v) is 52.5. The van der Waals surface area contributed by atoms with E-state index in [1.54, 1.807) is 0 Å². The normalized spacial score (nSPS) is 52.7. The Morgan fingerprint density at radius 3 is 1.20 bits per heavy atom. The number of ether oxygens (including phenoxy) is 19. The molecule has 0 saturated carbocycles. The molecule has 47 nitrogen and oxygen atoms in total. The number of hydrogen-bond acceptors (Lipinski definition) is 43. The van der Waals surface area contributed by atoms with E-state index in [-0.39, 0.29) is 0 Å². The minimum absolute atomic E-state index is 0.552. The molecule has 10 saturated heterocycles. The average Bonchev–Trinajstić information content (AvgIpc) is 0.759. The third-order valence-electron chi connectivity index (χ3n) is 18.7. The van der Waals surface area contributed by atoms with Crippen LogP contribution in [0.2, 0.25) is 0 Å². The summed E-state index contributed by atoms with van der Waals surface area (Å²) in [5, 5.41) is 259. The highest BCUT2D eigenvalue weighted by atomic mass is 16.8. The van der Waals surface area contributed by atoms with Crippen LogP contribution in [0.5, 0.6) is 0 Å². The lowest BCUT2D eigenvalue weighted by atomic mass is 9.94. The standard InChI is InChI=1S/C54H82O47/c1-53(51(79)80)84-7-13-34(100-53)21(64)27(70)47(90-13)97-38-30(73)50(91-14-8-85-54(2,52(81)82)101-35(14)38)93-32-11(5-57)89-46(26(69)20(32)63)95-36-15(58)9(3-55)87-44(29(36)72)83-6-12-33(18(61)23(66)43(78)86-12)94-45-25(68)19(62)31(10(4-56)88-45)92-49-28(71)22(65)37(40(99-49)42(76)77)96-48-24(67)16(59)17(60)39(98-48)41(74)75/h9-40,43-50,55-73,78H,3-8H2,1-2H3,(H,74,75)(H,76,77)(H,79,80)(H,81,82)/t9-,10-,11-,12-,13-,14-,15-,16+,17+,18-,19-,20-,21-,22-,23-,24-,25-,26-,27-,28-,29-,30-,31-,32-,33-,34+,35-,36+,37+,38-,39+,40+,43+,44-,45+,46+,47+,48-,49-,50+,53?,54?/m1/s1. The van der Waals surface area contributed by atoms with E-state index in [4.69, 9.17) is 90.0 Å². The summed E-state index contributed by atoms with van der Waals surface area (Å²) in [6, 6.07) is 0. The Kier molecular flexibility index (Phi) is 25.3. The van der Waals surface area contributed by atoms with Crippen molar-refractivity contribution in [3.63, 3.8) is 0 Å². The first-order valence-corrected chi connectivity index (χ1v) is 31.2. The number of fused-ring (bicyclic) bond motifs is 2. The van der Waals surface area contributed by atoms with Crippen molar-refractivity contribution in [2.24, 2.45) is 0 Å². The number of aliphatic hydroxyl groups is 20. The van der Waals surface area contributed by atoms with Crippen LogP contribution in [0.4, 0.5) is 0 Å². The third-order valence-corrected chi connectivity index (χ3v) is 18.7. The largest absolute Gasteiger partial charge is 0.479 e. The van der Waals surface area contributed by atoms with E-state index in [0.29, 0.717) is 0 Å². The molecule has 10 aliphatic rings. The van der Waals surface area contributed by atoms with Gasteiger partial charge in [-0.3, -0.25) is 0 Å². The van der Waals surface area contributed by atoms with E-state index in [1.165, 1.54) is 0 Å². The molecule has 24 N–H and O–H groups in total. The van der Waals surface area contributed by atoms with Gasteiger partial charge in [0.05, 0.1) is 39.6 Å². The van der Waals surface area contributed by atoms with Crippen molar-refractivity contribution in [1.82, 2.24) is 0 Å². The second kappa shape index (κ2) is 32.0. The summed E-state index contributed by atoms with van der Waals surface area (Å²) in [4.78, 5) is 48.2. The number of carboxylic acid groups (broad SMARTS) is 4. The lowest BCUT2D eigenvalue weighted by Gasteiger charge is -2.53. The highest BCUT2D eigenvalue weighted by Gasteiger charge is 2.63. The molecular formula is C54H82O47. The number of aliphatic hydroxyl groups excluding tert-OH is 20. The van der Waals surface area contributed by atoms with E-state index in [2.05, 4.69) is 0 Å². The van der Waals surface area contributed by atoms with Crippen molar-refractivity contribution in [3.05, 3.63) is 0 Å². The summed E-state index contributed by atoms with van der Waals surface area (Å²) in [5.74, 6) is -11.8. The van der Waals surface area contributed by atoms with Gasteiger partial charge >= 0.3 is 23.9 Å². The van der Waals surface area contributed by atoms with Gasteiger partial charge in [-0.25, -0.2) is 19.2 Å². The van der Waals surface area contributed by atoms with Gasteiger partial charge in [-0.2, -0.15) is 0 Å². The lowest BCUT2D eigenvalue weighted by Crippen LogP contribution is -2.71. The van der Waals surface area contributed by atoms with Gasteiger partial charge < -0.3 is 213 Å². The maximum Gasteiger partial charge on any atom is 0.364 e. The van der Waals surface area contributed by atoms with E-state index < -0.39 is 321 Å². The first kappa shape index (κ1) is 79.9. The Balaban J connectivity index is 0.780. The van der Waals surface area contributed by atoms with Gasteiger partial charge in [0.2, 0.25) is 0 Å². The Morgan fingerprint density at radius 1 is 0.337 bits per heavy atom. The predicted octanol–water partition coefficient (Wildman–Crippen LogP) is -16.5. The van der Waals surface area contributed by atoms with Gasteiger partial charge in [0.15, 0.2) is 62.5 Å². The molecular weight excluding hydrogens is 1400 g/mol. The van der Waals surface area contributed by atoms with Crippen molar-refractivity contribution in [2.75, 3.05) is 39.6 Å². The maximum absolute atomic E-state index is 12.5. The Bertz CT molecular complexity index is 2790. The molecule has 10 fully saturated rings. The molecule has 0 bridgehead atoms. The van der Waals surface area contributed by atoms with Gasteiger partial charge in [-0.15, -0.1) is 0 Å². The molecule has 0 spiro atoms. The average molecular weight is 1480 g/mol. The molecule has 0 aliphatic carbocycles. The third kappa shape index (κ3) is 15.7.